The molecule has 0 unspecified atom stereocenters. The third kappa shape index (κ3) is 5.00. The number of nitrogens with zero attached hydrogens (tertiary/aromatic N) is 2. The van der Waals surface area contributed by atoms with Crippen molar-refractivity contribution in [2.24, 2.45) is 0 Å². The summed E-state index contributed by atoms with van der Waals surface area (Å²) in [5.74, 6) is -1.05. The van der Waals surface area contributed by atoms with Crippen LogP contribution in [0.5, 0.6) is 0 Å². The first-order chi connectivity index (χ1) is 12.3. The Morgan fingerprint density at radius 3 is 2.19 bits per heavy atom. The highest BCUT2D eigenvalue weighted by Crippen LogP contribution is 2.25. The van der Waals surface area contributed by atoms with Crippen LogP contribution in [0.1, 0.15) is 27.3 Å². The molecule has 1 heterocycles. The summed E-state index contributed by atoms with van der Waals surface area (Å²) < 4.78 is 1.57. The maximum absolute atomic E-state index is 10.8. The van der Waals surface area contributed by atoms with Crippen LogP contribution in [0.15, 0.2) is 48.5 Å². The molecule has 0 atom stereocenters. The van der Waals surface area contributed by atoms with Crippen LogP contribution < -0.4 is 5.73 Å². The summed E-state index contributed by atoms with van der Waals surface area (Å²) in [6.45, 7) is 4.12. The minimum Gasteiger partial charge on any atom is -0.476 e. The SMILES string of the molecule is Cc1cc(C(=O)O)nn1Cc1c(Cl)cccc1Cl.Cc1ccccc1N. The summed E-state index contributed by atoms with van der Waals surface area (Å²) in [4.78, 5) is 10.8. The minimum atomic E-state index is -1.05. The molecule has 0 aliphatic carbocycles. The lowest BCUT2D eigenvalue weighted by Crippen LogP contribution is -2.06. The first-order valence-electron chi connectivity index (χ1n) is 7.81. The quantitative estimate of drug-likeness (QED) is 0.626. The first-order valence-corrected chi connectivity index (χ1v) is 8.57. The van der Waals surface area contributed by atoms with Gasteiger partial charge in [-0.05, 0) is 43.7 Å². The largest absolute Gasteiger partial charge is 0.476 e. The second-order valence-electron chi connectivity index (χ2n) is 5.69. The van der Waals surface area contributed by atoms with Gasteiger partial charge in [0.05, 0.1) is 6.54 Å². The average Bonchev–Trinajstić information content (AvgIpc) is 2.96. The van der Waals surface area contributed by atoms with Crippen LogP contribution in [-0.4, -0.2) is 20.9 Å². The monoisotopic (exact) mass is 391 g/mol. The van der Waals surface area contributed by atoms with E-state index in [1.165, 1.54) is 6.07 Å². The van der Waals surface area contributed by atoms with Crippen molar-refractivity contribution < 1.29 is 9.90 Å². The Labute approximate surface area is 162 Å². The Balaban J connectivity index is 0.000000254. The molecule has 0 saturated heterocycles. The number of nitrogen functional groups attached to an aromatic ring is 1. The number of nitrogens with two attached hydrogens (primary N) is 1. The zero-order valence-corrected chi connectivity index (χ0v) is 15.9. The highest BCUT2D eigenvalue weighted by atomic mass is 35.5. The van der Waals surface area contributed by atoms with E-state index in [0.717, 1.165) is 22.5 Å². The second kappa shape index (κ2) is 8.74. The summed E-state index contributed by atoms with van der Waals surface area (Å²) in [6, 6.07) is 14.5. The summed E-state index contributed by atoms with van der Waals surface area (Å²) >= 11 is 12.1. The zero-order valence-electron chi connectivity index (χ0n) is 14.4. The highest BCUT2D eigenvalue weighted by molar-refractivity contribution is 6.35. The van der Waals surface area contributed by atoms with Gasteiger partial charge in [0, 0.05) is 27.0 Å². The van der Waals surface area contributed by atoms with Gasteiger partial charge < -0.3 is 10.8 Å². The Morgan fingerprint density at radius 2 is 1.73 bits per heavy atom. The lowest BCUT2D eigenvalue weighted by Gasteiger charge is -2.08. The van der Waals surface area contributed by atoms with Crippen LogP contribution in [0.25, 0.3) is 0 Å². The number of carbonyl (C=O) groups is 1. The summed E-state index contributed by atoms with van der Waals surface area (Å²) in [7, 11) is 0. The normalized spacial score (nSPS) is 10.2. The van der Waals surface area contributed by atoms with E-state index in [4.69, 9.17) is 34.0 Å². The van der Waals surface area contributed by atoms with Gasteiger partial charge in [0.25, 0.3) is 0 Å². The predicted octanol–water partition coefficient (Wildman–Crippen LogP) is 4.82. The van der Waals surface area contributed by atoms with Crippen LogP contribution in [0, 0.1) is 13.8 Å². The van der Waals surface area contributed by atoms with Crippen molar-refractivity contribution in [2.75, 3.05) is 5.73 Å². The number of halogens is 2. The fraction of sp³-hybridized carbons (Fsp3) is 0.158. The Hall–Kier alpha value is -2.50. The summed E-state index contributed by atoms with van der Waals surface area (Å²) in [6.07, 6.45) is 0. The minimum absolute atomic E-state index is 0.00989. The number of aromatic nitrogens is 2. The molecule has 0 fully saturated rings. The van der Waals surface area contributed by atoms with E-state index in [-0.39, 0.29) is 5.69 Å². The standard InChI is InChI=1S/C12H10Cl2N2O2.C7H9N/c1-7-5-11(12(17)18)15-16(7)6-8-9(13)3-2-4-10(8)14;1-6-4-2-3-5-7(6)8/h2-5H,6H2,1H3,(H,17,18);2-5H,8H2,1H3. The lowest BCUT2D eigenvalue weighted by atomic mass is 10.2. The molecule has 3 aromatic rings. The Bertz CT molecular complexity index is 882. The maximum Gasteiger partial charge on any atom is 0.356 e. The number of para-hydroxylation sites is 1. The molecule has 0 spiro atoms. The topological polar surface area (TPSA) is 81.1 Å². The number of hydrogen-bond donors (Lipinski definition) is 2. The molecule has 0 aliphatic rings. The van der Waals surface area contributed by atoms with Crippen molar-refractivity contribution >= 4 is 34.9 Å². The van der Waals surface area contributed by atoms with E-state index in [9.17, 15) is 4.79 Å². The first kappa shape index (κ1) is 19.8. The molecule has 26 heavy (non-hydrogen) atoms. The van der Waals surface area contributed by atoms with Gasteiger partial charge in [0.2, 0.25) is 0 Å². The van der Waals surface area contributed by atoms with E-state index in [1.54, 1.807) is 29.8 Å². The molecule has 5 nitrogen and oxygen atoms in total. The highest BCUT2D eigenvalue weighted by Gasteiger charge is 2.13. The van der Waals surface area contributed by atoms with Gasteiger partial charge in [-0.2, -0.15) is 5.10 Å². The summed E-state index contributed by atoms with van der Waals surface area (Å²) in [5, 5.41) is 13.9. The maximum atomic E-state index is 10.8. The fourth-order valence-corrected chi connectivity index (χ4v) is 2.71. The van der Waals surface area contributed by atoms with E-state index in [2.05, 4.69) is 5.10 Å². The Kier molecular flexibility index (Phi) is 6.66. The van der Waals surface area contributed by atoms with Crippen molar-refractivity contribution in [1.29, 1.82) is 0 Å². The predicted molar refractivity (Wildman–Crippen MR) is 105 cm³/mol. The van der Waals surface area contributed by atoms with Crippen molar-refractivity contribution in [1.82, 2.24) is 9.78 Å². The number of benzene rings is 2. The molecule has 0 aliphatic heterocycles. The van der Waals surface area contributed by atoms with Gasteiger partial charge in [-0.1, -0.05) is 47.5 Å². The van der Waals surface area contributed by atoms with E-state index in [0.29, 0.717) is 16.6 Å². The van der Waals surface area contributed by atoms with Gasteiger partial charge in [-0.25, -0.2) is 4.79 Å². The van der Waals surface area contributed by atoms with Crippen molar-refractivity contribution in [3.05, 3.63) is 81.1 Å². The molecule has 0 saturated carbocycles. The third-order valence-corrected chi connectivity index (χ3v) is 4.47. The molecule has 2 aromatic carbocycles. The molecule has 0 amide bonds. The van der Waals surface area contributed by atoms with Crippen LogP contribution in [-0.2, 0) is 6.54 Å². The van der Waals surface area contributed by atoms with E-state index >= 15 is 0 Å². The number of aromatic carboxylic acids is 1. The molecular weight excluding hydrogens is 373 g/mol. The average molecular weight is 392 g/mol. The second-order valence-corrected chi connectivity index (χ2v) is 6.50. The molecular formula is C19H19Cl2N3O2. The number of hydrogen-bond acceptors (Lipinski definition) is 3. The molecule has 136 valence electrons. The van der Waals surface area contributed by atoms with Crippen molar-refractivity contribution in [3.63, 3.8) is 0 Å². The van der Waals surface area contributed by atoms with E-state index in [1.807, 2.05) is 31.2 Å². The van der Waals surface area contributed by atoms with Gasteiger partial charge in [0.15, 0.2) is 5.69 Å². The van der Waals surface area contributed by atoms with Crippen LogP contribution in [0.2, 0.25) is 10.0 Å². The van der Waals surface area contributed by atoms with Crippen molar-refractivity contribution in [2.45, 2.75) is 20.4 Å². The molecule has 0 bridgehead atoms. The molecule has 0 radical (unpaired) electrons. The fourth-order valence-electron chi connectivity index (χ4n) is 2.19. The van der Waals surface area contributed by atoms with Crippen LogP contribution >= 0.6 is 23.2 Å². The number of carboxylic acid groups (broad SMARTS) is 1. The van der Waals surface area contributed by atoms with Gasteiger partial charge in [0.1, 0.15) is 0 Å². The molecule has 1 aromatic heterocycles. The van der Waals surface area contributed by atoms with Gasteiger partial charge in [-0.15, -0.1) is 0 Å². The van der Waals surface area contributed by atoms with Crippen LogP contribution in [0.3, 0.4) is 0 Å². The van der Waals surface area contributed by atoms with Gasteiger partial charge >= 0.3 is 5.97 Å². The smallest absolute Gasteiger partial charge is 0.356 e. The van der Waals surface area contributed by atoms with Crippen molar-refractivity contribution in [3.8, 4) is 0 Å². The Morgan fingerprint density at radius 1 is 1.12 bits per heavy atom. The number of aryl methyl sites for hydroxylation is 2. The number of anilines is 1. The van der Waals surface area contributed by atoms with Crippen LogP contribution in [0.4, 0.5) is 5.69 Å². The zero-order chi connectivity index (χ0) is 19.3. The number of rotatable bonds is 3. The third-order valence-electron chi connectivity index (χ3n) is 3.76. The van der Waals surface area contributed by atoms with Gasteiger partial charge in [-0.3, -0.25) is 4.68 Å². The number of carboxylic acids is 1. The molecule has 7 heteroatoms. The van der Waals surface area contributed by atoms with E-state index < -0.39 is 5.97 Å². The summed E-state index contributed by atoms with van der Waals surface area (Å²) in [5.41, 5.74) is 9.01. The molecule has 3 rings (SSSR count). The lowest BCUT2D eigenvalue weighted by molar-refractivity contribution is 0.0689. The molecule has 3 N–H and O–H groups in total.